The molecular weight excluding hydrogens is 266 g/mol. The lowest BCUT2D eigenvalue weighted by Gasteiger charge is -2.07. The van der Waals surface area contributed by atoms with Crippen molar-refractivity contribution in [1.29, 1.82) is 0 Å². The van der Waals surface area contributed by atoms with Gasteiger partial charge in [0.1, 0.15) is 6.29 Å². The van der Waals surface area contributed by atoms with Crippen molar-refractivity contribution in [2.75, 3.05) is 0 Å². The molecule has 4 nitrogen and oxygen atoms in total. The SMILES string of the molecule is CCCC(C)C(=O)C(=O)c1cn(CC=O)c2ccccc12. The van der Waals surface area contributed by atoms with Gasteiger partial charge in [-0.3, -0.25) is 9.59 Å². The molecule has 0 saturated carbocycles. The summed E-state index contributed by atoms with van der Waals surface area (Å²) >= 11 is 0. The van der Waals surface area contributed by atoms with E-state index in [2.05, 4.69) is 0 Å². The standard InChI is InChI=1S/C17H19NO3/c1-3-6-12(2)16(20)17(21)14-11-18(9-10-19)15-8-5-4-7-13(14)15/h4-5,7-8,10-12H,3,6,9H2,1-2H3. The van der Waals surface area contributed by atoms with Crippen LogP contribution in [0.2, 0.25) is 0 Å². The van der Waals surface area contributed by atoms with Crippen molar-refractivity contribution in [2.24, 2.45) is 5.92 Å². The van der Waals surface area contributed by atoms with E-state index in [1.54, 1.807) is 17.7 Å². The van der Waals surface area contributed by atoms with Gasteiger partial charge in [0.2, 0.25) is 11.6 Å². The number of hydrogen-bond donors (Lipinski definition) is 0. The van der Waals surface area contributed by atoms with Gasteiger partial charge in [-0.1, -0.05) is 38.5 Å². The van der Waals surface area contributed by atoms with Crippen LogP contribution in [0.4, 0.5) is 0 Å². The highest BCUT2D eigenvalue weighted by Gasteiger charge is 2.25. The first-order valence-electron chi connectivity index (χ1n) is 7.20. The Bertz CT molecular complexity index is 684. The number of rotatable bonds is 7. The van der Waals surface area contributed by atoms with Crippen LogP contribution in [0.25, 0.3) is 10.9 Å². The molecule has 2 aromatic rings. The Kier molecular flexibility index (Phi) is 4.68. The van der Waals surface area contributed by atoms with Crippen LogP contribution in [-0.2, 0) is 16.1 Å². The minimum absolute atomic E-state index is 0.173. The Morgan fingerprint density at radius 2 is 2.00 bits per heavy atom. The fraction of sp³-hybridized carbons (Fsp3) is 0.353. The molecule has 0 aliphatic rings. The summed E-state index contributed by atoms with van der Waals surface area (Å²) in [4.78, 5) is 35.4. The van der Waals surface area contributed by atoms with Crippen LogP contribution in [-0.4, -0.2) is 22.4 Å². The lowest BCUT2D eigenvalue weighted by molar-refractivity contribution is -0.118. The molecule has 0 fully saturated rings. The summed E-state index contributed by atoms with van der Waals surface area (Å²) < 4.78 is 1.70. The summed E-state index contributed by atoms with van der Waals surface area (Å²) in [7, 11) is 0. The molecule has 1 aromatic carbocycles. The Labute approximate surface area is 123 Å². The molecule has 21 heavy (non-hydrogen) atoms. The van der Waals surface area contributed by atoms with E-state index >= 15 is 0 Å². The normalized spacial score (nSPS) is 12.3. The minimum atomic E-state index is -0.461. The Morgan fingerprint density at radius 3 is 2.67 bits per heavy atom. The summed E-state index contributed by atoms with van der Waals surface area (Å²) in [6.45, 7) is 3.95. The second-order valence-corrected chi connectivity index (χ2v) is 5.26. The molecule has 0 N–H and O–H groups in total. The summed E-state index contributed by atoms with van der Waals surface area (Å²) in [6.07, 6.45) is 3.96. The van der Waals surface area contributed by atoms with Crippen molar-refractivity contribution < 1.29 is 14.4 Å². The second-order valence-electron chi connectivity index (χ2n) is 5.26. The average molecular weight is 285 g/mol. The average Bonchev–Trinajstić information content (AvgIpc) is 2.85. The Morgan fingerprint density at radius 1 is 1.29 bits per heavy atom. The predicted octanol–water partition coefficient (Wildman–Crippen LogP) is 3.03. The van der Waals surface area contributed by atoms with Crippen LogP contribution >= 0.6 is 0 Å². The first-order chi connectivity index (χ1) is 10.1. The zero-order valence-electron chi connectivity index (χ0n) is 12.3. The first-order valence-corrected chi connectivity index (χ1v) is 7.20. The van der Waals surface area contributed by atoms with Crippen LogP contribution in [0, 0.1) is 5.92 Å². The van der Waals surface area contributed by atoms with Crippen molar-refractivity contribution in [3.8, 4) is 0 Å². The summed E-state index contributed by atoms with van der Waals surface area (Å²) in [6, 6.07) is 7.32. The van der Waals surface area contributed by atoms with Gasteiger partial charge in [-0.15, -0.1) is 0 Å². The van der Waals surface area contributed by atoms with Gasteiger partial charge in [0.25, 0.3) is 0 Å². The van der Waals surface area contributed by atoms with E-state index in [0.29, 0.717) is 12.0 Å². The third-order valence-corrected chi connectivity index (χ3v) is 3.70. The molecule has 0 aliphatic carbocycles. The quantitative estimate of drug-likeness (QED) is 0.446. The van der Waals surface area contributed by atoms with E-state index in [1.807, 2.05) is 31.2 Å². The molecule has 1 aromatic heterocycles. The van der Waals surface area contributed by atoms with E-state index in [-0.39, 0.29) is 18.2 Å². The van der Waals surface area contributed by atoms with E-state index in [4.69, 9.17) is 0 Å². The predicted molar refractivity (Wildman–Crippen MR) is 81.4 cm³/mol. The van der Waals surface area contributed by atoms with E-state index < -0.39 is 5.78 Å². The third kappa shape index (κ3) is 2.94. The summed E-state index contributed by atoms with van der Waals surface area (Å²) in [5.41, 5.74) is 1.18. The number of carbonyl (C=O) groups is 3. The van der Waals surface area contributed by atoms with Gasteiger partial charge in [0, 0.05) is 23.0 Å². The number of nitrogens with zero attached hydrogens (tertiary/aromatic N) is 1. The van der Waals surface area contributed by atoms with Gasteiger partial charge in [0.05, 0.1) is 12.1 Å². The van der Waals surface area contributed by atoms with Crippen molar-refractivity contribution in [1.82, 2.24) is 4.57 Å². The van der Waals surface area contributed by atoms with Crippen LogP contribution in [0.5, 0.6) is 0 Å². The maximum atomic E-state index is 12.4. The zero-order valence-corrected chi connectivity index (χ0v) is 12.3. The fourth-order valence-corrected chi connectivity index (χ4v) is 2.58. The lowest BCUT2D eigenvalue weighted by Crippen LogP contribution is -2.21. The maximum absolute atomic E-state index is 12.4. The third-order valence-electron chi connectivity index (χ3n) is 3.70. The summed E-state index contributed by atoms with van der Waals surface area (Å²) in [5.74, 6) is -1.08. The molecular formula is C17H19NO3. The molecule has 1 atom stereocenters. The number of carbonyl (C=O) groups excluding carboxylic acids is 3. The Balaban J connectivity index is 2.44. The van der Waals surface area contributed by atoms with Crippen molar-refractivity contribution in [3.05, 3.63) is 36.0 Å². The maximum Gasteiger partial charge on any atom is 0.231 e. The number of benzene rings is 1. The van der Waals surface area contributed by atoms with Gasteiger partial charge in [-0.25, -0.2) is 0 Å². The molecule has 110 valence electrons. The summed E-state index contributed by atoms with van der Waals surface area (Å²) in [5, 5.41) is 0.724. The topological polar surface area (TPSA) is 56.1 Å². The number of para-hydroxylation sites is 1. The molecule has 4 heteroatoms. The van der Waals surface area contributed by atoms with Crippen LogP contribution in [0.15, 0.2) is 30.5 Å². The number of ketones is 2. The van der Waals surface area contributed by atoms with Gasteiger partial charge in [0.15, 0.2) is 0 Å². The number of aromatic nitrogens is 1. The largest absolute Gasteiger partial charge is 0.340 e. The molecule has 1 heterocycles. The smallest absolute Gasteiger partial charge is 0.231 e. The van der Waals surface area contributed by atoms with Gasteiger partial charge in [-0.05, 0) is 12.5 Å². The van der Waals surface area contributed by atoms with Crippen LogP contribution < -0.4 is 0 Å². The van der Waals surface area contributed by atoms with Crippen LogP contribution in [0.1, 0.15) is 37.0 Å². The monoisotopic (exact) mass is 285 g/mol. The molecule has 0 amide bonds. The molecule has 0 aliphatic heterocycles. The molecule has 2 rings (SSSR count). The minimum Gasteiger partial charge on any atom is -0.340 e. The fourth-order valence-electron chi connectivity index (χ4n) is 2.58. The van der Waals surface area contributed by atoms with Gasteiger partial charge in [-0.2, -0.15) is 0 Å². The number of fused-ring (bicyclic) bond motifs is 1. The second kappa shape index (κ2) is 6.48. The highest BCUT2D eigenvalue weighted by molar-refractivity contribution is 6.46. The van der Waals surface area contributed by atoms with Crippen LogP contribution in [0.3, 0.4) is 0 Å². The van der Waals surface area contributed by atoms with Gasteiger partial charge < -0.3 is 9.36 Å². The molecule has 1 unspecified atom stereocenters. The van der Waals surface area contributed by atoms with Gasteiger partial charge >= 0.3 is 0 Å². The van der Waals surface area contributed by atoms with E-state index in [0.717, 1.165) is 23.6 Å². The van der Waals surface area contributed by atoms with E-state index in [1.165, 1.54) is 0 Å². The lowest BCUT2D eigenvalue weighted by atomic mass is 9.94. The highest BCUT2D eigenvalue weighted by Crippen LogP contribution is 2.23. The Hall–Kier alpha value is -2.23. The van der Waals surface area contributed by atoms with Crippen molar-refractivity contribution in [2.45, 2.75) is 33.2 Å². The number of aldehydes is 1. The number of hydrogen-bond acceptors (Lipinski definition) is 3. The number of Topliss-reactive ketones (excluding diaryl/α,β-unsaturated/α-hetero) is 2. The molecule has 0 saturated heterocycles. The first kappa shape index (κ1) is 15.2. The molecule has 0 spiro atoms. The van der Waals surface area contributed by atoms with Crippen molar-refractivity contribution in [3.63, 3.8) is 0 Å². The van der Waals surface area contributed by atoms with Crippen molar-refractivity contribution >= 4 is 28.8 Å². The molecule has 0 radical (unpaired) electrons. The molecule has 0 bridgehead atoms. The highest BCUT2D eigenvalue weighted by atomic mass is 16.2. The zero-order chi connectivity index (χ0) is 15.4. The van der Waals surface area contributed by atoms with E-state index in [9.17, 15) is 14.4 Å².